The molecule has 37 heavy (non-hydrogen) atoms. The summed E-state index contributed by atoms with van der Waals surface area (Å²) in [6, 6.07) is 6.31. The Balaban J connectivity index is 2.07. The second-order valence-electron chi connectivity index (χ2n) is 9.74. The molecular weight excluding hydrogens is 522 g/mol. The molecule has 0 unspecified atom stereocenters. The molecule has 0 atom stereocenters. The monoisotopic (exact) mass is 556 g/mol. The van der Waals surface area contributed by atoms with Crippen molar-refractivity contribution in [3.05, 3.63) is 35.5 Å². The Hall–Kier alpha value is -2.51. The molecule has 0 amide bonds. The van der Waals surface area contributed by atoms with Crippen LogP contribution in [0, 0.1) is 0 Å². The topological polar surface area (TPSA) is 155 Å². The molecule has 0 aromatic heterocycles. The summed E-state index contributed by atoms with van der Waals surface area (Å²) in [6.07, 6.45) is 3.13. The number of carbonyl (C=O) groups is 1. The van der Waals surface area contributed by atoms with Crippen LogP contribution in [0.25, 0.3) is 16.3 Å². The van der Waals surface area contributed by atoms with Crippen LogP contribution in [0.5, 0.6) is 5.75 Å². The van der Waals surface area contributed by atoms with Gasteiger partial charge in [-0.3, -0.25) is 18.4 Å². The Morgan fingerprint density at radius 2 is 1.68 bits per heavy atom. The molecule has 0 fully saturated rings. The van der Waals surface area contributed by atoms with Crippen molar-refractivity contribution in [2.45, 2.75) is 56.8 Å². The van der Waals surface area contributed by atoms with Crippen LogP contribution in [0.2, 0.25) is 0 Å². The van der Waals surface area contributed by atoms with E-state index in [0.717, 1.165) is 22.5 Å². The first-order chi connectivity index (χ1) is 17.1. The van der Waals surface area contributed by atoms with Crippen molar-refractivity contribution in [1.29, 1.82) is 0 Å². The average Bonchev–Trinajstić information content (AvgIpc) is 2.98. The number of rotatable bonds is 13. The molecule has 12 heteroatoms. The molecule has 1 aliphatic rings. The number of benzene rings is 2. The second-order valence-corrected chi connectivity index (χ2v) is 12.7. The summed E-state index contributed by atoms with van der Waals surface area (Å²) in [5.41, 5.74) is 3.53. The van der Waals surface area contributed by atoms with Gasteiger partial charge in [-0.25, -0.2) is 0 Å². The number of fused-ring (bicyclic) bond motifs is 3. The molecule has 1 aliphatic heterocycles. The minimum Gasteiger partial charge on any atom is -0.487 e. The number of carboxylic acids is 1. The SMILES string of the molecule is CC1=C(CCCCS(=O)(=O)O)c2c(c(OCCCCCC(=O)O)cc3c(S(=O)(=O)O)cccc23)[N+]1(C)C. The third-order valence-corrected chi connectivity index (χ3v) is 8.58. The second kappa shape index (κ2) is 11.1. The van der Waals surface area contributed by atoms with Crippen molar-refractivity contribution in [3.8, 4) is 5.75 Å². The number of aliphatic carboxylic acids is 1. The summed E-state index contributed by atoms with van der Waals surface area (Å²) in [4.78, 5) is 10.5. The van der Waals surface area contributed by atoms with Gasteiger partial charge in [0.1, 0.15) is 10.6 Å². The summed E-state index contributed by atoms with van der Waals surface area (Å²) >= 11 is 0. The normalized spacial score (nSPS) is 15.3. The number of nitrogens with zero attached hydrogens (tertiary/aromatic N) is 1. The van der Waals surface area contributed by atoms with E-state index < -0.39 is 26.2 Å². The van der Waals surface area contributed by atoms with E-state index in [-0.39, 0.29) is 23.5 Å². The van der Waals surface area contributed by atoms with Crippen LogP contribution in [0.3, 0.4) is 0 Å². The van der Waals surface area contributed by atoms with Gasteiger partial charge in [-0.05, 0) is 56.0 Å². The zero-order valence-electron chi connectivity index (χ0n) is 21.2. The first kappa shape index (κ1) is 29.1. The fourth-order valence-electron chi connectivity index (χ4n) is 4.87. The summed E-state index contributed by atoms with van der Waals surface area (Å²) in [6.45, 7) is 2.26. The molecule has 3 rings (SSSR count). The molecule has 0 bridgehead atoms. The first-order valence-corrected chi connectivity index (χ1v) is 15.1. The Morgan fingerprint density at radius 1 is 0.973 bits per heavy atom. The highest BCUT2D eigenvalue weighted by molar-refractivity contribution is 7.86. The van der Waals surface area contributed by atoms with E-state index in [4.69, 9.17) is 14.4 Å². The van der Waals surface area contributed by atoms with Gasteiger partial charge >= 0.3 is 5.97 Å². The van der Waals surface area contributed by atoms with Gasteiger partial charge < -0.3 is 9.84 Å². The van der Waals surface area contributed by atoms with Crippen LogP contribution in [0.1, 0.15) is 57.4 Å². The van der Waals surface area contributed by atoms with E-state index in [2.05, 4.69) is 0 Å². The van der Waals surface area contributed by atoms with E-state index in [1.165, 1.54) is 6.07 Å². The number of hydrogen-bond donors (Lipinski definition) is 3. The molecule has 0 radical (unpaired) electrons. The number of hydrogen-bond acceptors (Lipinski definition) is 6. The van der Waals surface area contributed by atoms with Gasteiger partial charge in [0.05, 0.1) is 32.0 Å². The zero-order valence-corrected chi connectivity index (χ0v) is 22.9. The molecule has 2 aromatic carbocycles. The average molecular weight is 557 g/mol. The van der Waals surface area contributed by atoms with Crippen LogP contribution >= 0.6 is 0 Å². The predicted octanol–water partition coefficient (Wildman–Crippen LogP) is 4.48. The van der Waals surface area contributed by atoms with Crippen LogP contribution in [-0.4, -0.2) is 63.5 Å². The molecule has 0 saturated heterocycles. The van der Waals surface area contributed by atoms with Gasteiger partial charge in [0.2, 0.25) is 0 Å². The number of carboxylic acid groups (broad SMARTS) is 1. The molecule has 204 valence electrons. The maximum absolute atomic E-state index is 12.2. The number of ether oxygens (including phenoxy) is 1. The lowest BCUT2D eigenvalue weighted by Crippen LogP contribution is -2.36. The van der Waals surface area contributed by atoms with Crippen LogP contribution in [0.4, 0.5) is 5.69 Å². The number of unbranched alkanes of at least 4 members (excludes halogenated alkanes) is 3. The molecule has 2 aromatic rings. The Bertz CT molecular complexity index is 1440. The molecule has 10 nitrogen and oxygen atoms in total. The van der Waals surface area contributed by atoms with Crippen molar-refractivity contribution in [1.82, 2.24) is 4.48 Å². The van der Waals surface area contributed by atoms with Gasteiger partial charge in [0.25, 0.3) is 20.2 Å². The van der Waals surface area contributed by atoms with E-state index in [0.29, 0.717) is 59.7 Å². The fourth-order valence-corrected chi connectivity index (χ4v) is 6.14. The first-order valence-electron chi connectivity index (χ1n) is 12.1. The molecule has 0 saturated carbocycles. The third kappa shape index (κ3) is 6.68. The van der Waals surface area contributed by atoms with Crippen molar-refractivity contribution < 1.29 is 40.6 Å². The van der Waals surface area contributed by atoms with E-state index in [1.54, 1.807) is 18.2 Å². The Morgan fingerprint density at radius 3 is 2.30 bits per heavy atom. The van der Waals surface area contributed by atoms with Gasteiger partial charge in [-0.2, -0.15) is 16.8 Å². The lowest BCUT2D eigenvalue weighted by atomic mass is 9.94. The summed E-state index contributed by atoms with van der Waals surface area (Å²) in [7, 11) is -4.63. The van der Waals surface area contributed by atoms with Crippen LogP contribution in [0.15, 0.2) is 34.9 Å². The number of quaternary nitrogens is 1. The largest absolute Gasteiger partial charge is 0.487 e. The van der Waals surface area contributed by atoms with Crippen molar-refractivity contribution in [2.75, 3.05) is 26.5 Å². The van der Waals surface area contributed by atoms with E-state index in [1.807, 2.05) is 21.0 Å². The highest BCUT2D eigenvalue weighted by Crippen LogP contribution is 2.53. The van der Waals surface area contributed by atoms with Gasteiger partial charge in [-0.1, -0.05) is 12.1 Å². The Kier molecular flexibility index (Phi) is 8.70. The van der Waals surface area contributed by atoms with E-state index in [9.17, 15) is 26.2 Å². The smallest absolute Gasteiger partial charge is 0.303 e. The third-order valence-electron chi connectivity index (χ3n) is 6.87. The highest BCUT2D eigenvalue weighted by Gasteiger charge is 2.41. The fraction of sp³-hybridized carbons (Fsp3) is 0.480. The molecule has 0 spiro atoms. The summed E-state index contributed by atoms with van der Waals surface area (Å²) in [5.74, 6) is -0.729. The maximum atomic E-state index is 12.2. The van der Waals surface area contributed by atoms with Crippen molar-refractivity contribution in [3.63, 3.8) is 0 Å². The van der Waals surface area contributed by atoms with Crippen molar-refractivity contribution >= 4 is 48.2 Å². The summed E-state index contributed by atoms with van der Waals surface area (Å²) < 4.78 is 72.2. The minimum absolute atomic E-state index is 0.0804. The standard InChI is InChI=1S/C25H33NO9S2/c1-17-18(10-6-8-15-36(29,30)31)24-19-11-9-12-22(37(32,33)34)20(19)16-21(25(24)26(17,2)3)35-14-7-4-5-13-23(27)28/h9,11-12,16H,4-8,10,13-15H2,1-3H3,(H2-,27,28,29,30,31,32,33,34)/p+1. The lowest BCUT2D eigenvalue weighted by molar-refractivity contribution is -0.137. The van der Waals surface area contributed by atoms with Crippen molar-refractivity contribution in [2.24, 2.45) is 0 Å². The summed E-state index contributed by atoms with van der Waals surface area (Å²) in [5, 5.41) is 9.77. The quantitative estimate of drug-likeness (QED) is 0.184. The van der Waals surface area contributed by atoms with E-state index >= 15 is 0 Å². The molecule has 0 aliphatic carbocycles. The number of allylic oxidation sites excluding steroid dienone is 2. The molecule has 1 heterocycles. The lowest BCUT2D eigenvalue weighted by Gasteiger charge is -2.28. The van der Waals surface area contributed by atoms with Gasteiger partial charge in [0, 0.05) is 24.3 Å². The van der Waals surface area contributed by atoms with Gasteiger partial charge in [0.15, 0.2) is 11.4 Å². The molecule has 3 N–H and O–H groups in total. The minimum atomic E-state index is -4.53. The van der Waals surface area contributed by atoms with Crippen LogP contribution in [-0.2, 0) is 25.0 Å². The van der Waals surface area contributed by atoms with Gasteiger partial charge in [-0.15, -0.1) is 0 Å². The zero-order chi connectivity index (χ0) is 27.6. The Labute approximate surface area is 217 Å². The highest BCUT2D eigenvalue weighted by atomic mass is 32.2. The maximum Gasteiger partial charge on any atom is 0.303 e. The molecular formula is C25H34NO9S2+. The van der Waals surface area contributed by atoms with Crippen LogP contribution < -0.4 is 9.22 Å². The predicted molar refractivity (Wildman–Crippen MR) is 142 cm³/mol.